The van der Waals surface area contributed by atoms with E-state index in [-0.39, 0.29) is 42.1 Å². The predicted octanol–water partition coefficient (Wildman–Crippen LogP) is 0.243. The summed E-state index contributed by atoms with van der Waals surface area (Å²) in [5.74, 6) is 0.333. The van der Waals surface area contributed by atoms with Gasteiger partial charge in [-0.2, -0.15) is 0 Å². The van der Waals surface area contributed by atoms with E-state index < -0.39 is 0 Å². The molecule has 0 saturated carbocycles. The molecule has 0 aliphatic rings. The van der Waals surface area contributed by atoms with Gasteiger partial charge in [0.15, 0.2) is 0 Å². The van der Waals surface area contributed by atoms with Crippen LogP contribution in [0.1, 0.15) is 0 Å². The summed E-state index contributed by atoms with van der Waals surface area (Å²) >= 11 is 0. The summed E-state index contributed by atoms with van der Waals surface area (Å²) in [5, 5.41) is 0. The molecule has 3 nitrogen and oxygen atoms in total. The number of rotatable bonds is 1. The Morgan fingerprint density at radius 2 is 2.33 bits per heavy atom. The molecule has 5 heteroatoms. The van der Waals surface area contributed by atoms with Crippen molar-refractivity contribution >= 4 is 12.7 Å². The van der Waals surface area contributed by atoms with Crippen LogP contribution >= 0.6 is 0 Å². The molecule has 1 aromatic heterocycles. The molecular formula is C4H3N3W2. The average molecular weight is 461 g/mol. The van der Waals surface area contributed by atoms with Gasteiger partial charge in [0.25, 0.3) is 0 Å². The minimum atomic E-state index is 0. The third-order valence-electron chi connectivity index (χ3n) is 0.562. The molecule has 0 spiro atoms. The van der Waals surface area contributed by atoms with Gasteiger partial charge in [-0.15, -0.1) is 5.95 Å². The van der Waals surface area contributed by atoms with Gasteiger partial charge in [0.2, 0.25) is 0 Å². The summed E-state index contributed by atoms with van der Waals surface area (Å²) in [4.78, 5) is 10.5. The second kappa shape index (κ2) is 6.38. The van der Waals surface area contributed by atoms with Crippen LogP contribution in [0.5, 0.6) is 0 Å². The number of hydrogen-bond donors (Lipinski definition) is 0. The van der Waals surface area contributed by atoms with Gasteiger partial charge in [-0.05, 0) is 0 Å². The third kappa shape index (κ3) is 3.77. The van der Waals surface area contributed by atoms with Crippen LogP contribution in [0.3, 0.4) is 0 Å². The first kappa shape index (κ1) is 12.0. The Morgan fingerprint density at radius 1 is 1.67 bits per heavy atom. The van der Waals surface area contributed by atoms with Crippen molar-refractivity contribution in [1.29, 1.82) is 0 Å². The molecule has 0 radical (unpaired) electrons. The topological polar surface area (TPSA) is 39.4 Å². The first-order valence-corrected chi connectivity index (χ1v) is 1.78. The maximum absolute atomic E-state index is 4.79. The monoisotopic (exact) mass is 461 g/mol. The molecule has 0 aromatic carbocycles. The molecule has 0 saturated heterocycles. The van der Waals surface area contributed by atoms with Crippen LogP contribution in [-0.4, -0.2) is 11.7 Å². The van der Waals surface area contributed by atoms with Gasteiger partial charge in [-0.3, -0.25) is 6.72 Å². The summed E-state index contributed by atoms with van der Waals surface area (Å²) in [6.07, 6.45) is 3.07. The van der Waals surface area contributed by atoms with E-state index in [0.717, 1.165) is 0 Å². The van der Waals surface area contributed by atoms with E-state index in [1.54, 1.807) is 0 Å². The summed E-state index contributed by atoms with van der Waals surface area (Å²) in [6.45, 7) is 4.79. The van der Waals surface area contributed by atoms with Gasteiger partial charge < -0.3 is 15.0 Å². The van der Waals surface area contributed by atoms with Crippen LogP contribution in [0.25, 0.3) is 0 Å². The first-order chi connectivity index (χ1) is 3.43. The molecule has 0 aliphatic carbocycles. The Bertz CT molecular complexity index is 149. The SMILES string of the molecule is [CH-]=Nc1ncc[n-]1.[W+2].[W]. The number of hydrogen-bond acceptors (Lipinski definition) is 2. The van der Waals surface area contributed by atoms with Crippen molar-refractivity contribution in [2.24, 2.45) is 4.99 Å². The summed E-state index contributed by atoms with van der Waals surface area (Å²) < 4.78 is 0. The molecule has 0 aliphatic heterocycles. The largest absolute Gasteiger partial charge is 2.00 e. The summed E-state index contributed by atoms with van der Waals surface area (Å²) in [5.41, 5.74) is 0. The summed E-state index contributed by atoms with van der Waals surface area (Å²) in [6, 6.07) is 0. The standard InChI is InChI=1S/C4H3N3.2W/c1-5-4-6-2-3-7-4;;/h1-3H;;/q-2;;+2. The smallest absolute Gasteiger partial charge is 0.574 e. The minimum absolute atomic E-state index is 0. The molecule has 0 amide bonds. The number of aromatic nitrogens is 2. The van der Waals surface area contributed by atoms with Crippen LogP contribution in [-0.2, 0) is 42.1 Å². The van der Waals surface area contributed by atoms with Gasteiger partial charge in [0.05, 0.1) is 0 Å². The third-order valence-corrected chi connectivity index (χ3v) is 0.562. The van der Waals surface area contributed by atoms with E-state index in [1.165, 1.54) is 12.4 Å². The second-order valence-corrected chi connectivity index (χ2v) is 0.985. The molecule has 0 bridgehead atoms. The van der Waals surface area contributed by atoms with E-state index in [4.69, 9.17) is 6.72 Å². The Labute approximate surface area is 81.9 Å². The van der Waals surface area contributed by atoms with Gasteiger partial charge in [0.1, 0.15) is 0 Å². The molecule has 1 rings (SSSR count). The number of imidazole rings is 1. The van der Waals surface area contributed by atoms with E-state index in [1.807, 2.05) is 0 Å². The predicted molar refractivity (Wildman–Crippen MR) is 25.7 cm³/mol. The van der Waals surface area contributed by atoms with Crippen molar-refractivity contribution in [1.82, 2.24) is 9.97 Å². The molecular weight excluding hydrogens is 458 g/mol. The zero-order valence-corrected chi connectivity index (χ0v) is 10.3. The van der Waals surface area contributed by atoms with Crippen LogP contribution < -0.4 is 4.98 Å². The number of aliphatic imine (C=N–C) groups is 1. The van der Waals surface area contributed by atoms with Gasteiger partial charge >= 0.3 is 21.1 Å². The Kier molecular flexibility index (Phi) is 8.49. The molecule has 9 heavy (non-hydrogen) atoms. The fourth-order valence-electron chi connectivity index (χ4n) is 0.300. The zero-order chi connectivity index (χ0) is 5.11. The Hall–Kier alpha value is 0.257. The molecule has 0 atom stereocenters. The minimum Gasteiger partial charge on any atom is -0.574 e. The normalized spacial score (nSPS) is 6.67. The molecule has 0 unspecified atom stereocenters. The van der Waals surface area contributed by atoms with Gasteiger partial charge in [-0.25, -0.2) is 0 Å². The van der Waals surface area contributed by atoms with Crippen LogP contribution in [0, 0.1) is 0 Å². The van der Waals surface area contributed by atoms with Gasteiger partial charge in [0, 0.05) is 21.1 Å². The molecule has 1 heterocycles. The Morgan fingerprint density at radius 3 is 2.56 bits per heavy atom. The maximum Gasteiger partial charge on any atom is 2.00 e. The molecule has 46 valence electrons. The zero-order valence-electron chi connectivity index (χ0n) is 4.39. The van der Waals surface area contributed by atoms with E-state index in [9.17, 15) is 0 Å². The fraction of sp³-hybridized carbons (Fsp3) is 0. The van der Waals surface area contributed by atoms with Gasteiger partial charge in [-0.1, -0.05) is 12.4 Å². The molecule has 0 N–H and O–H groups in total. The maximum atomic E-state index is 4.79. The average Bonchev–Trinajstić information content (AvgIpc) is 2.14. The van der Waals surface area contributed by atoms with Crippen molar-refractivity contribution in [3.63, 3.8) is 0 Å². The first-order valence-electron chi connectivity index (χ1n) is 1.78. The van der Waals surface area contributed by atoms with E-state index in [2.05, 4.69) is 15.0 Å². The van der Waals surface area contributed by atoms with Crippen LogP contribution in [0.15, 0.2) is 17.4 Å². The molecule has 0 fully saturated rings. The quantitative estimate of drug-likeness (QED) is 0.445. The second-order valence-electron chi connectivity index (χ2n) is 0.985. The van der Waals surface area contributed by atoms with Crippen molar-refractivity contribution in [2.45, 2.75) is 0 Å². The summed E-state index contributed by atoms with van der Waals surface area (Å²) in [7, 11) is 0. The number of nitrogens with zero attached hydrogens (tertiary/aromatic N) is 3. The van der Waals surface area contributed by atoms with Crippen molar-refractivity contribution in [3.8, 4) is 0 Å². The van der Waals surface area contributed by atoms with E-state index >= 15 is 0 Å². The molecule has 1 aromatic rings. The van der Waals surface area contributed by atoms with Crippen molar-refractivity contribution < 1.29 is 42.1 Å². The Balaban J connectivity index is 0. The van der Waals surface area contributed by atoms with Crippen molar-refractivity contribution in [3.05, 3.63) is 12.4 Å². The van der Waals surface area contributed by atoms with Crippen molar-refractivity contribution in [2.75, 3.05) is 0 Å². The van der Waals surface area contributed by atoms with E-state index in [0.29, 0.717) is 5.95 Å². The van der Waals surface area contributed by atoms with Crippen LogP contribution in [0.4, 0.5) is 5.95 Å². The fourth-order valence-corrected chi connectivity index (χ4v) is 0.300. The van der Waals surface area contributed by atoms with Crippen LogP contribution in [0.2, 0.25) is 0 Å².